The smallest absolute Gasteiger partial charge is 0.312 e. The maximum Gasteiger partial charge on any atom is 0.312 e. The van der Waals surface area contributed by atoms with Gasteiger partial charge in [0.25, 0.3) is 0 Å². The van der Waals surface area contributed by atoms with Gasteiger partial charge in [0.05, 0.1) is 12.5 Å². The van der Waals surface area contributed by atoms with Crippen LogP contribution in [0.2, 0.25) is 0 Å². The Kier molecular flexibility index (Phi) is 5.76. The zero-order valence-corrected chi connectivity index (χ0v) is 14.3. The summed E-state index contributed by atoms with van der Waals surface area (Å²) in [4.78, 5) is 23.4. The summed E-state index contributed by atoms with van der Waals surface area (Å²) in [6.07, 6.45) is 0.0957. The van der Waals surface area contributed by atoms with Gasteiger partial charge in [-0.15, -0.1) is 0 Å². The number of halogens is 1. The molecule has 3 amide bonds. The number of hydrogen-bond donors (Lipinski definition) is 3. The number of hydrogen-bond acceptors (Lipinski definition) is 2. The summed E-state index contributed by atoms with van der Waals surface area (Å²) in [5.41, 5.74) is 7.81. The van der Waals surface area contributed by atoms with Gasteiger partial charge in [0.15, 0.2) is 0 Å². The number of carbonyl (C=O) groups excluding carboxylic acids is 2. The first kappa shape index (κ1) is 17.0. The van der Waals surface area contributed by atoms with Crippen LogP contribution in [0, 0.1) is 6.92 Å². The van der Waals surface area contributed by atoms with Gasteiger partial charge in [-0.2, -0.15) is 0 Å². The second-order valence-corrected chi connectivity index (χ2v) is 6.15. The molecule has 0 saturated heterocycles. The molecule has 0 aromatic heterocycles. The molecule has 0 spiro atoms. The molecule has 1 atom stereocenters. The Hall–Kier alpha value is -2.34. The average molecular weight is 376 g/mol. The third-order valence-electron chi connectivity index (χ3n) is 3.28. The van der Waals surface area contributed by atoms with E-state index in [1.54, 1.807) is 0 Å². The molecule has 0 bridgehead atoms. The van der Waals surface area contributed by atoms with Crippen molar-refractivity contribution in [1.82, 2.24) is 5.32 Å². The van der Waals surface area contributed by atoms with Gasteiger partial charge in [0.1, 0.15) is 0 Å². The van der Waals surface area contributed by atoms with E-state index in [0.717, 1.165) is 21.3 Å². The largest absolute Gasteiger partial charge is 0.352 e. The molecule has 5 nitrogen and oxygen atoms in total. The molecule has 6 heteroatoms. The minimum atomic E-state index is -0.665. The van der Waals surface area contributed by atoms with Crippen molar-refractivity contribution in [3.8, 4) is 0 Å². The van der Waals surface area contributed by atoms with Gasteiger partial charge in [0, 0.05) is 10.2 Å². The molecule has 0 saturated carbocycles. The van der Waals surface area contributed by atoms with Gasteiger partial charge < -0.3 is 16.4 Å². The molecule has 0 aliphatic heterocycles. The van der Waals surface area contributed by atoms with Crippen molar-refractivity contribution in [1.29, 1.82) is 0 Å². The van der Waals surface area contributed by atoms with E-state index in [0.29, 0.717) is 0 Å². The predicted octanol–water partition coefficient (Wildman–Crippen LogP) is 3.50. The number of amides is 3. The second-order valence-electron chi connectivity index (χ2n) is 5.23. The average Bonchev–Trinajstić information content (AvgIpc) is 2.46. The number of primary amides is 1. The quantitative estimate of drug-likeness (QED) is 0.746. The molecule has 120 valence electrons. The molecule has 0 aliphatic rings. The number of carbonyl (C=O) groups is 2. The van der Waals surface area contributed by atoms with Crippen molar-refractivity contribution in [3.05, 3.63) is 64.1 Å². The lowest BCUT2D eigenvalue weighted by atomic mass is 10.0. The van der Waals surface area contributed by atoms with Crippen molar-refractivity contribution >= 4 is 33.6 Å². The number of benzene rings is 2. The fourth-order valence-corrected chi connectivity index (χ4v) is 2.50. The van der Waals surface area contributed by atoms with Crippen LogP contribution in [0.3, 0.4) is 0 Å². The summed E-state index contributed by atoms with van der Waals surface area (Å²) in [6, 6.07) is 13.8. The third-order valence-corrected chi connectivity index (χ3v) is 3.81. The van der Waals surface area contributed by atoms with Crippen LogP contribution in [0.15, 0.2) is 53.0 Å². The van der Waals surface area contributed by atoms with E-state index in [2.05, 4.69) is 26.6 Å². The summed E-state index contributed by atoms with van der Waals surface area (Å²) < 4.78 is 0.920. The third kappa shape index (κ3) is 5.41. The highest BCUT2D eigenvalue weighted by atomic mass is 79.9. The van der Waals surface area contributed by atoms with Gasteiger partial charge in [-0.25, -0.2) is 4.79 Å². The Labute approximate surface area is 143 Å². The van der Waals surface area contributed by atoms with Crippen LogP contribution < -0.4 is 16.4 Å². The van der Waals surface area contributed by atoms with Crippen LogP contribution >= 0.6 is 15.9 Å². The minimum absolute atomic E-state index is 0.0957. The van der Waals surface area contributed by atoms with E-state index in [9.17, 15) is 9.59 Å². The van der Waals surface area contributed by atoms with Crippen LogP contribution in [-0.4, -0.2) is 11.9 Å². The molecular formula is C17H18BrN3O2. The van der Waals surface area contributed by atoms with Crippen LogP contribution in [0.25, 0.3) is 0 Å². The molecule has 1 unspecified atom stereocenters. The summed E-state index contributed by atoms with van der Waals surface area (Å²) >= 11 is 3.36. The zero-order chi connectivity index (χ0) is 16.8. The van der Waals surface area contributed by atoms with Crippen molar-refractivity contribution in [3.63, 3.8) is 0 Å². The van der Waals surface area contributed by atoms with Crippen molar-refractivity contribution in [2.75, 3.05) is 5.32 Å². The minimum Gasteiger partial charge on any atom is -0.352 e. The first-order valence-corrected chi connectivity index (χ1v) is 7.91. The number of urea groups is 1. The van der Waals surface area contributed by atoms with E-state index in [1.807, 2.05) is 55.5 Å². The van der Waals surface area contributed by atoms with Crippen LogP contribution in [-0.2, 0) is 4.79 Å². The van der Waals surface area contributed by atoms with E-state index in [1.165, 1.54) is 0 Å². The topological polar surface area (TPSA) is 84.2 Å². The monoisotopic (exact) mass is 375 g/mol. The Morgan fingerprint density at radius 3 is 2.48 bits per heavy atom. The van der Waals surface area contributed by atoms with E-state index in [-0.39, 0.29) is 12.3 Å². The normalized spacial score (nSPS) is 11.6. The van der Waals surface area contributed by atoms with Gasteiger partial charge >= 0.3 is 6.03 Å². The van der Waals surface area contributed by atoms with Gasteiger partial charge in [-0.05, 0) is 42.3 Å². The van der Waals surface area contributed by atoms with Crippen molar-refractivity contribution < 1.29 is 9.59 Å². The Bertz CT molecular complexity index is 701. The molecule has 0 heterocycles. The Morgan fingerprint density at radius 2 is 1.87 bits per heavy atom. The van der Waals surface area contributed by atoms with Crippen LogP contribution in [0.5, 0.6) is 0 Å². The molecule has 0 aliphatic carbocycles. The number of nitrogens with two attached hydrogens (primary N) is 1. The van der Waals surface area contributed by atoms with E-state index in [4.69, 9.17) is 5.73 Å². The van der Waals surface area contributed by atoms with Gasteiger partial charge in [-0.3, -0.25) is 4.79 Å². The summed E-state index contributed by atoms with van der Waals surface area (Å²) in [6.45, 7) is 1.95. The molecule has 2 rings (SSSR count). The SMILES string of the molecule is Cc1cccc(NC(=O)CC(NC(N)=O)c2ccc(Br)cc2)c1. The summed E-state index contributed by atoms with van der Waals surface area (Å²) in [5, 5.41) is 5.43. The first-order valence-electron chi connectivity index (χ1n) is 7.12. The number of aryl methyl sites for hydroxylation is 1. The number of anilines is 1. The molecular weight excluding hydrogens is 358 g/mol. The van der Waals surface area contributed by atoms with E-state index < -0.39 is 12.1 Å². The first-order chi connectivity index (χ1) is 10.9. The van der Waals surface area contributed by atoms with Crippen LogP contribution in [0.1, 0.15) is 23.6 Å². The summed E-state index contributed by atoms with van der Waals surface area (Å²) in [5.74, 6) is -0.197. The van der Waals surface area contributed by atoms with Gasteiger partial charge in [-0.1, -0.05) is 40.2 Å². The second kappa shape index (κ2) is 7.78. The highest BCUT2D eigenvalue weighted by Gasteiger charge is 2.17. The van der Waals surface area contributed by atoms with Gasteiger partial charge in [0.2, 0.25) is 5.91 Å². The molecule has 2 aromatic carbocycles. The lowest BCUT2D eigenvalue weighted by molar-refractivity contribution is -0.116. The predicted molar refractivity (Wildman–Crippen MR) is 94.0 cm³/mol. The summed E-state index contributed by atoms with van der Waals surface area (Å²) in [7, 11) is 0. The standard InChI is InChI=1S/C17H18BrN3O2/c1-11-3-2-4-14(9-11)20-16(22)10-15(21-17(19)23)12-5-7-13(18)8-6-12/h2-9,15H,10H2,1H3,(H,20,22)(H3,19,21,23). The fraction of sp³-hybridized carbons (Fsp3) is 0.176. The highest BCUT2D eigenvalue weighted by molar-refractivity contribution is 9.10. The molecule has 0 radical (unpaired) electrons. The van der Waals surface area contributed by atoms with Crippen LogP contribution in [0.4, 0.5) is 10.5 Å². The highest BCUT2D eigenvalue weighted by Crippen LogP contribution is 2.20. The maximum atomic E-state index is 12.2. The number of rotatable bonds is 5. The van der Waals surface area contributed by atoms with E-state index >= 15 is 0 Å². The Morgan fingerprint density at radius 1 is 1.17 bits per heavy atom. The molecule has 2 aromatic rings. The van der Waals surface area contributed by atoms with Crippen molar-refractivity contribution in [2.45, 2.75) is 19.4 Å². The molecule has 4 N–H and O–H groups in total. The lowest BCUT2D eigenvalue weighted by Crippen LogP contribution is -2.35. The number of nitrogens with one attached hydrogen (secondary N) is 2. The lowest BCUT2D eigenvalue weighted by Gasteiger charge is -2.18. The fourth-order valence-electron chi connectivity index (χ4n) is 2.24. The molecule has 0 fully saturated rings. The molecule has 23 heavy (non-hydrogen) atoms. The Balaban J connectivity index is 2.09. The maximum absolute atomic E-state index is 12.2. The van der Waals surface area contributed by atoms with Crippen molar-refractivity contribution in [2.24, 2.45) is 5.73 Å². The zero-order valence-electron chi connectivity index (χ0n) is 12.7.